The molecule has 0 aromatic carbocycles. The van der Waals surface area contributed by atoms with E-state index < -0.39 is 0 Å². The minimum absolute atomic E-state index is 0.0726. The summed E-state index contributed by atoms with van der Waals surface area (Å²) in [6.45, 7) is 7.94. The van der Waals surface area contributed by atoms with Gasteiger partial charge in [-0.05, 0) is 25.9 Å². The van der Waals surface area contributed by atoms with Gasteiger partial charge in [0.15, 0.2) is 0 Å². The van der Waals surface area contributed by atoms with E-state index in [9.17, 15) is 14.4 Å². The lowest BCUT2D eigenvalue weighted by molar-refractivity contribution is -0.139. The monoisotopic (exact) mass is 371 g/mol. The van der Waals surface area contributed by atoms with Gasteiger partial charge in [0.2, 0.25) is 11.8 Å². The average molecular weight is 372 g/mol. The molecule has 0 aliphatic carbocycles. The van der Waals surface area contributed by atoms with E-state index in [2.05, 4.69) is 5.32 Å². The lowest BCUT2D eigenvalue weighted by Gasteiger charge is -2.37. The van der Waals surface area contributed by atoms with Crippen molar-refractivity contribution in [1.29, 1.82) is 0 Å². The van der Waals surface area contributed by atoms with Crippen molar-refractivity contribution < 1.29 is 19.1 Å². The first-order chi connectivity index (χ1) is 12.1. The van der Waals surface area contributed by atoms with Gasteiger partial charge in [-0.1, -0.05) is 34.1 Å². The van der Waals surface area contributed by atoms with E-state index in [1.807, 2.05) is 46.7 Å². The SMILES string of the molecule is CCC(C)C(C(CC=O)OC)N(C)C(=O)CNC(=O)C(C(C)C)N(C)C. The van der Waals surface area contributed by atoms with Crippen LogP contribution in [0.2, 0.25) is 0 Å². The van der Waals surface area contributed by atoms with Crippen molar-refractivity contribution in [2.45, 2.75) is 58.7 Å². The van der Waals surface area contributed by atoms with Crippen LogP contribution >= 0.6 is 0 Å². The van der Waals surface area contributed by atoms with Gasteiger partial charge in [0, 0.05) is 20.6 Å². The quantitative estimate of drug-likeness (QED) is 0.521. The Labute approximate surface area is 158 Å². The molecule has 0 saturated carbocycles. The number of nitrogens with zero attached hydrogens (tertiary/aromatic N) is 2. The zero-order chi connectivity index (χ0) is 20.4. The van der Waals surface area contributed by atoms with Gasteiger partial charge in [0.1, 0.15) is 6.29 Å². The molecule has 0 bridgehead atoms. The second kappa shape index (κ2) is 12.0. The van der Waals surface area contributed by atoms with E-state index in [-0.39, 0.29) is 54.8 Å². The zero-order valence-corrected chi connectivity index (χ0v) is 17.6. The summed E-state index contributed by atoms with van der Waals surface area (Å²) < 4.78 is 5.45. The molecule has 0 saturated heterocycles. The standard InChI is InChI=1S/C19H37N3O4/c1-9-14(4)18(15(26-8)10-11-23)22(7)16(24)12-20-19(25)17(13(2)3)21(5)6/h11,13-15,17-18H,9-10,12H2,1-8H3,(H,20,25). The molecule has 1 N–H and O–H groups in total. The van der Waals surface area contributed by atoms with Crippen molar-refractivity contribution in [3.63, 3.8) is 0 Å². The number of ether oxygens (including phenoxy) is 1. The number of hydrogen-bond donors (Lipinski definition) is 1. The number of methoxy groups -OCH3 is 1. The third kappa shape index (κ3) is 7.03. The van der Waals surface area contributed by atoms with E-state index >= 15 is 0 Å². The smallest absolute Gasteiger partial charge is 0.242 e. The van der Waals surface area contributed by atoms with Gasteiger partial charge < -0.3 is 19.7 Å². The molecule has 0 rings (SSSR count). The number of carbonyl (C=O) groups excluding carboxylic acids is 3. The van der Waals surface area contributed by atoms with Crippen LogP contribution in [-0.2, 0) is 19.1 Å². The summed E-state index contributed by atoms with van der Waals surface area (Å²) in [5.41, 5.74) is 0. The van der Waals surface area contributed by atoms with Crippen molar-refractivity contribution in [3.05, 3.63) is 0 Å². The van der Waals surface area contributed by atoms with Crippen LogP contribution in [0.4, 0.5) is 0 Å². The highest BCUT2D eigenvalue weighted by Crippen LogP contribution is 2.21. The Morgan fingerprint density at radius 1 is 1.15 bits per heavy atom. The second-order valence-corrected chi connectivity index (χ2v) is 7.43. The molecule has 0 fully saturated rings. The van der Waals surface area contributed by atoms with Crippen LogP contribution in [0.15, 0.2) is 0 Å². The maximum Gasteiger partial charge on any atom is 0.242 e. The maximum absolute atomic E-state index is 12.6. The number of carbonyl (C=O) groups is 3. The summed E-state index contributed by atoms with van der Waals surface area (Å²) in [4.78, 5) is 39.5. The van der Waals surface area contributed by atoms with Crippen molar-refractivity contribution in [2.75, 3.05) is 34.8 Å². The zero-order valence-electron chi connectivity index (χ0n) is 17.6. The minimum atomic E-state index is -0.364. The predicted molar refractivity (Wildman–Crippen MR) is 103 cm³/mol. The van der Waals surface area contributed by atoms with Crippen LogP contribution in [0, 0.1) is 11.8 Å². The van der Waals surface area contributed by atoms with Gasteiger partial charge in [-0.15, -0.1) is 0 Å². The maximum atomic E-state index is 12.6. The third-order valence-corrected chi connectivity index (χ3v) is 4.95. The first kappa shape index (κ1) is 24.5. The normalized spacial score (nSPS) is 16.1. The first-order valence-electron chi connectivity index (χ1n) is 9.28. The highest BCUT2D eigenvalue weighted by molar-refractivity contribution is 5.87. The fraction of sp³-hybridized carbons (Fsp3) is 0.842. The molecule has 0 aromatic rings. The number of hydrogen-bond acceptors (Lipinski definition) is 5. The highest BCUT2D eigenvalue weighted by Gasteiger charge is 2.32. The Morgan fingerprint density at radius 3 is 2.12 bits per heavy atom. The van der Waals surface area contributed by atoms with Crippen LogP contribution in [-0.4, -0.2) is 80.9 Å². The van der Waals surface area contributed by atoms with E-state index in [0.29, 0.717) is 0 Å². The molecule has 152 valence electrons. The summed E-state index contributed by atoms with van der Waals surface area (Å²) in [6, 6.07) is -0.519. The molecule has 0 aromatic heterocycles. The molecule has 4 atom stereocenters. The van der Waals surface area contributed by atoms with Crippen molar-refractivity contribution in [1.82, 2.24) is 15.1 Å². The first-order valence-corrected chi connectivity index (χ1v) is 9.28. The lowest BCUT2D eigenvalue weighted by atomic mass is 9.91. The Kier molecular flexibility index (Phi) is 11.3. The average Bonchev–Trinajstić information content (AvgIpc) is 2.57. The Bertz CT molecular complexity index is 446. The molecule has 0 aliphatic rings. The minimum Gasteiger partial charge on any atom is -0.379 e. The number of aldehydes is 1. The van der Waals surface area contributed by atoms with Crippen LogP contribution in [0.1, 0.15) is 40.5 Å². The molecule has 7 heteroatoms. The molecular formula is C19H37N3O4. The summed E-state index contributed by atoms with van der Waals surface area (Å²) >= 11 is 0. The highest BCUT2D eigenvalue weighted by atomic mass is 16.5. The Hall–Kier alpha value is -1.47. The van der Waals surface area contributed by atoms with Crippen LogP contribution in [0.5, 0.6) is 0 Å². The van der Waals surface area contributed by atoms with Gasteiger partial charge in [-0.3, -0.25) is 14.5 Å². The van der Waals surface area contributed by atoms with Gasteiger partial charge in [0.05, 0.1) is 24.7 Å². The lowest BCUT2D eigenvalue weighted by Crippen LogP contribution is -2.53. The Morgan fingerprint density at radius 2 is 1.73 bits per heavy atom. The summed E-state index contributed by atoms with van der Waals surface area (Å²) in [6.07, 6.45) is 1.53. The van der Waals surface area contributed by atoms with Crippen LogP contribution in [0.3, 0.4) is 0 Å². The topological polar surface area (TPSA) is 79.0 Å². The van der Waals surface area contributed by atoms with E-state index in [0.717, 1.165) is 12.7 Å². The number of amides is 2. The van der Waals surface area contributed by atoms with Crippen molar-refractivity contribution in [2.24, 2.45) is 11.8 Å². The molecule has 2 amide bonds. The fourth-order valence-corrected chi connectivity index (χ4v) is 3.40. The van der Waals surface area contributed by atoms with E-state index in [4.69, 9.17) is 4.74 Å². The Balaban J connectivity index is 5.08. The third-order valence-electron chi connectivity index (χ3n) is 4.95. The molecule has 7 nitrogen and oxygen atoms in total. The molecule has 0 heterocycles. The summed E-state index contributed by atoms with van der Waals surface area (Å²) in [5, 5.41) is 2.74. The largest absolute Gasteiger partial charge is 0.379 e. The van der Waals surface area contributed by atoms with Gasteiger partial charge >= 0.3 is 0 Å². The van der Waals surface area contributed by atoms with Gasteiger partial charge in [-0.25, -0.2) is 0 Å². The van der Waals surface area contributed by atoms with Gasteiger partial charge in [0.25, 0.3) is 0 Å². The molecular weight excluding hydrogens is 334 g/mol. The number of rotatable bonds is 12. The molecule has 4 unspecified atom stereocenters. The van der Waals surface area contributed by atoms with E-state index in [1.165, 1.54) is 0 Å². The summed E-state index contributed by atoms with van der Waals surface area (Å²) in [7, 11) is 6.95. The van der Waals surface area contributed by atoms with Crippen LogP contribution < -0.4 is 5.32 Å². The van der Waals surface area contributed by atoms with E-state index in [1.54, 1.807) is 19.1 Å². The molecule has 26 heavy (non-hydrogen) atoms. The number of nitrogens with one attached hydrogen (secondary N) is 1. The summed E-state index contributed by atoms with van der Waals surface area (Å²) in [5.74, 6) is -0.0632. The molecule has 0 radical (unpaired) electrons. The molecule has 0 aliphatic heterocycles. The second-order valence-electron chi connectivity index (χ2n) is 7.43. The van der Waals surface area contributed by atoms with Gasteiger partial charge in [-0.2, -0.15) is 0 Å². The van der Waals surface area contributed by atoms with Crippen molar-refractivity contribution >= 4 is 18.1 Å². The fourth-order valence-electron chi connectivity index (χ4n) is 3.40. The number of likely N-dealkylation sites (N-methyl/N-ethyl adjacent to an activating group) is 2. The van der Waals surface area contributed by atoms with Crippen molar-refractivity contribution in [3.8, 4) is 0 Å². The molecule has 0 spiro atoms. The van der Waals surface area contributed by atoms with Crippen LogP contribution in [0.25, 0.3) is 0 Å². The predicted octanol–water partition coefficient (Wildman–Crippen LogP) is 1.17.